The molecule has 0 saturated heterocycles. The van der Waals surface area contributed by atoms with E-state index >= 15 is 0 Å². The first-order valence-corrected chi connectivity index (χ1v) is 11.4. The van der Waals surface area contributed by atoms with Gasteiger partial charge in [-0.2, -0.15) is 0 Å². The van der Waals surface area contributed by atoms with Gasteiger partial charge in [-0.25, -0.2) is 0 Å². The van der Waals surface area contributed by atoms with Crippen LogP contribution in [0.1, 0.15) is 64.5 Å². The Labute approximate surface area is 198 Å². The Morgan fingerprint density at radius 1 is 1.03 bits per heavy atom. The first-order chi connectivity index (χ1) is 14.9. The molecule has 0 amide bonds. The van der Waals surface area contributed by atoms with Gasteiger partial charge >= 0.3 is 11.9 Å². The number of benzene rings is 2. The molecule has 2 aromatic rings. The summed E-state index contributed by atoms with van der Waals surface area (Å²) in [5.74, 6) is -0.184. The van der Waals surface area contributed by atoms with Crippen LogP contribution in [0.5, 0.6) is 0 Å². The number of cyclic esters (lactones) is 1. The number of hydrogen-bond acceptors (Lipinski definition) is 4. The molecule has 0 atom stereocenters. The molecule has 2 aliphatic rings. The molecular formula is C26H26Cl2O4. The molecule has 0 unspecified atom stereocenters. The highest BCUT2D eigenvalue weighted by atomic mass is 35.5. The molecule has 1 heterocycles. The van der Waals surface area contributed by atoms with Crippen molar-refractivity contribution in [3.8, 4) is 11.1 Å². The summed E-state index contributed by atoms with van der Waals surface area (Å²) in [6.45, 7) is 8.37. The van der Waals surface area contributed by atoms with Gasteiger partial charge in [0.15, 0.2) is 11.4 Å². The lowest BCUT2D eigenvalue weighted by Crippen LogP contribution is -2.45. The van der Waals surface area contributed by atoms with Gasteiger partial charge in [0, 0.05) is 28.6 Å². The van der Waals surface area contributed by atoms with E-state index in [0.29, 0.717) is 27.3 Å². The minimum absolute atomic E-state index is 0.326. The minimum atomic E-state index is -1.12. The van der Waals surface area contributed by atoms with Crippen molar-refractivity contribution in [1.82, 2.24) is 0 Å². The van der Waals surface area contributed by atoms with Crippen molar-refractivity contribution in [2.45, 2.75) is 59.0 Å². The molecule has 32 heavy (non-hydrogen) atoms. The maximum Gasteiger partial charge on any atom is 0.317 e. The van der Waals surface area contributed by atoms with Gasteiger partial charge < -0.3 is 9.47 Å². The van der Waals surface area contributed by atoms with Gasteiger partial charge in [0.1, 0.15) is 0 Å². The third kappa shape index (κ3) is 3.95. The molecule has 1 fully saturated rings. The number of hydrogen-bond donors (Lipinski definition) is 0. The standard InChI is InChI=1S/C26H26Cl2O4/c1-14(29)31-23-21(25(2,3)24(30)32-26(23,4)5)20-18(15-6-7-15)12-13-19(22(20)28)16-8-10-17(27)11-9-16/h8-13,15H,6-7H2,1-5H3. The fourth-order valence-corrected chi connectivity index (χ4v) is 4.77. The van der Waals surface area contributed by atoms with Crippen LogP contribution < -0.4 is 0 Å². The van der Waals surface area contributed by atoms with E-state index in [1.807, 2.05) is 30.3 Å². The average Bonchev–Trinajstić information content (AvgIpc) is 3.53. The molecule has 0 spiro atoms. The fourth-order valence-electron chi connectivity index (χ4n) is 4.27. The molecule has 1 aliphatic heterocycles. The van der Waals surface area contributed by atoms with E-state index in [1.165, 1.54) is 6.92 Å². The summed E-state index contributed by atoms with van der Waals surface area (Å²) in [6.07, 6.45) is 2.10. The fraction of sp³-hybridized carbons (Fsp3) is 0.385. The van der Waals surface area contributed by atoms with Crippen LogP contribution in [-0.4, -0.2) is 17.5 Å². The third-order valence-corrected chi connectivity index (χ3v) is 6.74. The van der Waals surface area contributed by atoms with Crippen LogP contribution in [0.3, 0.4) is 0 Å². The quantitative estimate of drug-likeness (QED) is 0.442. The van der Waals surface area contributed by atoms with Crippen molar-refractivity contribution in [1.29, 1.82) is 0 Å². The maximum absolute atomic E-state index is 13.1. The van der Waals surface area contributed by atoms with Crippen LogP contribution in [0.25, 0.3) is 16.7 Å². The zero-order valence-corrected chi connectivity index (χ0v) is 20.4. The number of rotatable bonds is 4. The topological polar surface area (TPSA) is 52.6 Å². The number of carbonyl (C=O) groups excluding carboxylic acids is 2. The van der Waals surface area contributed by atoms with E-state index in [0.717, 1.165) is 35.1 Å². The molecule has 6 heteroatoms. The van der Waals surface area contributed by atoms with Crippen LogP contribution in [0.2, 0.25) is 10.0 Å². The lowest BCUT2D eigenvalue weighted by atomic mass is 9.73. The largest absolute Gasteiger partial charge is 0.451 e. The molecule has 1 saturated carbocycles. The molecule has 4 nitrogen and oxygen atoms in total. The number of carbonyl (C=O) groups is 2. The van der Waals surface area contributed by atoms with Gasteiger partial charge in [-0.1, -0.05) is 47.5 Å². The van der Waals surface area contributed by atoms with E-state index in [2.05, 4.69) is 6.07 Å². The van der Waals surface area contributed by atoms with E-state index < -0.39 is 17.0 Å². The van der Waals surface area contributed by atoms with Gasteiger partial charge in [0.05, 0.1) is 10.4 Å². The van der Waals surface area contributed by atoms with Gasteiger partial charge in [0.2, 0.25) is 0 Å². The second-order valence-corrected chi connectivity index (χ2v) is 10.3. The highest BCUT2D eigenvalue weighted by molar-refractivity contribution is 6.35. The van der Waals surface area contributed by atoms with E-state index in [9.17, 15) is 9.59 Å². The predicted molar refractivity (Wildman–Crippen MR) is 127 cm³/mol. The molecule has 168 valence electrons. The van der Waals surface area contributed by atoms with Crippen molar-refractivity contribution in [2.24, 2.45) is 5.41 Å². The third-order valence-electron chi connectivity index (χ3n) is 6.10. The molecule has 0 N–H and O–H groups in total. The summed E-state index contributed by atoms with van der Waals surface area (Å²) < 4.78 is 11.4. The van der Waals surface area contributed by atoms with Crippen LogP contribution in [0, 0.1) is 5.41 Å². The Bertz CT molecular complexity index is 1140. The Morgan fingerprint density at radius 2 is 1.66 bits per heavy atom. The van der Waals surface area contributed by atoms with Gasteiger partial charge in [-0.3, -0.25) is 9.59 Å². The van der Waals surface area contributed by atoms with E-state index in [1.54, 1.807) is 27.7 Å². The first-order valence-electron chi connectivity index (χ1n) is 10.7. The lowest BCUT2D eigenvalue weighted by molar-refractivity contribution is -0.169. The zero-order chi connectivity index (χ0) is 23.4. The van der Waals surface area contributed by atoms with Crippen molar-refractivity contribution in [3.05, 3.63) is 63.3 Å². The number of halogens is 2. The second-order valence-electron chi connectivity index (χ2n) is 9.50. The van der Waals surface area contributed by atoms with Crippen molar-refractivity contribution < 1.29 is 19.1 Å². The van der Waals surface area contributed by atoms with Crippen LogP contribution >= 0.6 is 23.2 Å². The van der Waals surface area contributed by atoms with Crippen LogP contribution in [0.4, 0.5) is 0 Å². The summed E-state index contributed by atoms with van der Waals surface area (Å²) in [6, 6.07) is 11.5. The monoisotopic (exact) mass is 472 g/mol. The second kappa shape index (κ2) is 7.93. The summed E-state index contributed by atoms with van der Waals surface area (Å²) in [5.41, 5.74) is 1.98. The van der Waals surface area contributed by atoms with Gasteiger partial charge in [-0.05, 0) is 69.7 Å². The van der Waals surface area contributed by atoms with Crippen LogP contribution in [-0.2, 0) is 19.1 Å². The molecule has 1 aliphatic carbocycles. The SMILES string of the molecule is CC(=O)OC1=C(c2c(C3CC3)ccc(-c3ccc(Cl)cc3)c2Cl)C(C)(C)C(=O)OC1(C)C. The highest BCUT2D eigenvalue weighted by Gasteiger charge is 2.51. The molecular weight excluding hydrogens is 447 g/mol. The minimum Gasteiger partial charge on any atom is -0.451 e. The number of ether oxygens (including phenoxy) is 2. The summed E-state index contributed by atoms with van der Waals surface area (Å²) in [7, 11) is 0. The average molecular weight is 473 g/mol. The van der Waals surface area contributed by atoms with E-state index in [4.69, 9.17) is 32.7 Å². The normalized spacial score (nSPS) is 19.5. The highest BCUT2D eigenvalue weighted by Crippen LogP contribution is 2.54. The Balaban J connectivity index is 2.07. The zero-order valence-electron chi connectivity index (χ0n) is 18.8. The molecule has 2 aromatic carbocycles. The maximum atomic E-state index is 13.1. The molecule has 4 rings (SSSR count). The van der Waals surface area contributed by atoms with Gasteiger partial charge in [-0.15, -0.1) is 0 Å². The lowest BCUT2D eigenvalue weighted by Gasteiger charge is -2.41. The Hall–Kier alpha value is -2.30. The summed E-state index contributed by atoms with van der Waals surface area (Å²) in [4.78, 5) is 25.2. The van der Waals surface area contributed by atoms with Gasteiger partial charge in [0.25, 0.3) is 0 Å². The predicted octanol–water partition coefficient (Wildman–Crippen LogP) is 7.17. The van der Waals surface area contributed by atoms with E-state index in [-0.39, 0.29) is 5.97 Å². The smallest absolute Gasteiger partial charge is 0.317 e. The molecule has 0 radical (unpaired) electrons. The van der Waals surface area contributed by atoms with Crippen molar-refractivity contribution in [3.63, 3.8) is 0 Å². The summed E-state index contributed by atoms with van der Waals surface area (Å²) >= 11 is 13.2. The molecule has 0 bridgehead atoms. The number of esters is 2. The van der Waals surface area contributed by atoms with Crippen molar-refractivity contribution >= 4 is 40.7 Å². The summed E-state index contributed by atoms with van der Waals surface area (Å²) in [5, 5.41) is 1.16. The van der Waals surface area contributed by atoms with Crippen LogP contribution in [0.15, 0.2) is 42.2 Å². The Morgan fingerprint density at radius 3 is 2.22 bits per heavy atom. The Kier molecular flexibility index (Phi) is 5.67. The van der Waals surface area contributed by atoms with Crippen molar-refractivity contribution in [2.75, 3.05) is 0 Å². The molecule has 0 aromatic heterocycles. The first kappa shape index (κ1) is 22.9.